The van der Waals surface area contributed by atoms with Crippen molar-refractivity contribution in [1.82, 2.24) is 9.21 Å². The van der Waals surface area contributed by atoms with Crippen LogP contribution in [0.25, 0.3) is 0 Å². The van der Waals surface area contributed by atoms with E-state index in [1.54, 1.807) is 0 Å². The van der Waals surface area contributed by atoms with Gasteiger partial charge in [0.2, 0.25) is 10.0 Å². The maximum atomic E-state index is 12.5. The van der Waals surface area contributed by atoms with Gasteiger partial charge in [0.25, 0.3) is 17.7 Å². The summed E-state index contributed by atoms with van der Waals surface area (Å²) in [7, 11) is -1.39. The number of hydrogen-bond donors (Lipinski definition) is 1. The Kier molecular flexibility index (Phi) is 6.63. The first-order chi connectivity index (χ1) is 15.0. The van der Waals surface area contributed by atoms with E-state index in [9.17, 15) is 27.6 Å². The highest BCUT2D eigenvalue weighted by Gasteiger charge is 2.32. The Morgan fingerprint density at radius 3 is 2.34 bits per heavy atom. The largest absolute Gasteiger partial charge is 0.455 e. The molecule has 0 spiro atoms. The Morgan fingerprint density at radius 1 is 1.06 bits per heavy atom. The summed E-state index contributed by atoms with van der Waals surface area (Å²) in [4.78, 5) is 48.9. The molecule has 0 atom stereocenters. The average molecular weight is 480 g/mol. The summed E-state index contributed by atoms with van der Waals surface area (Å²) in [5, 5.41) is 2.81. The molecule has 0 saturated carbocycles. The number of likely N-dealkylation sites (N-methyl/N-ethyl adjacent to an activating group) is 1. The molecule has 0 saturated heterocycles. The summed E-state index contributed by atoms with van der Waals surface area (Å²) < 4.78 is 30.6. The molecular formula is C20H18ClN3O7S. The second-order valence-corrected chi connectivity index (χ2v) is 9.33. The van der Waals surface area contributed by atoms with Gasteiger partial charge in [0.15, 0.2) is 6.61 Å². The van der Waals surface area contributed by atoms with E-state index < -0.39 is 46.9 Å². The maximum Gasteiger partial charge on any atom is 0.321 e. The molecule has 2 aromatic carbocycles. The van der Waals surface area contributed by atoms with E-state index in [2.05, 4.69) is 5.32 Å². The normalized spacial score (nSPS) is 13.3. The predicted molar refractivity (Wildman–Crippen MR) is 114 cm³/mol. The van der Waals surface area contributed by atoms with Crippen molar-refractivity contribution in [2.24, 2.45) is 0 Å². The topological polar surface area (TPSA) is 130 Å². The van der Waals surface area contributed by atoms with Gasteiger partial charge in [0.05, 0.1) is 16.0 Å². The number of ether oxygens (including phenoxy) is 1. The van der Waals surface area contributed by atoms with Gasteiger partial charge < -0.3 is 10.1 Å². The smallest absolute Gasteiger partial charge is 0.321 e. The number of sulfonamides is 1. The second kappa shape index (κ2) is 9.07. The first-order valence-electron chi connectivity index (χ1n) is 9.14. The Morgan fingerprint density at radius 2 is 1.69 bits per heavy atom. The number of nitrogens with zero attached hydrogens (tertiary/aromatic N) is 2. The molecule has 3 rings (SSSR count). The highest BCUT2D eigenvalue weighted by Crippen LogP contribution is 2.24. The molecule has 0 aliphatic carbocycles. The van der Waals surface area contributed by atoms with Crippen LogP contribution in [0.3, 0.4) is 0 Å². The van der Waals surface area contributed by atoms with E-state index in [1.807, 2.05) is 0 Å². The molecule has 1 heterocycles. The fraction of sp³-hybridized carbons (Fsp3) is 0.200. The zero-order valence-electron chi connectivity index (χ0n) is 17.0. The lowest BCUT2D eigenvalue weighted by Crippen LogP contribution is -2.34. The molecule has 0 fully saturated rings. The van der Waals surface area contributed by atoms with Crippen molar-refractivity contribution >= 4 is 51.0 Å². The molecule has 2 aromatic rings. The lowest BCUT2D eigenvalue weighted by atomic mass is 10.1. The third kappa shape index (κ3) is 4.79. The van der Waals surface area contributed by atoms with E-state index in [-0.39, 0.29) is 21.7 Å². The number of hydrogen-bond acceptors (Lipinski definition) is 7. The highest BCUT2D eigenvalue weighted by atomic mass is 35.5. The molecule has 32 heavy (non-hydrogen) atoms. The summed E-state index contributed by atoms with van der Waals surface area (Å²) in [6.45, 7) is -1.28. The Hall–Kier alpha value is -3.28. The summed E-state index contributed by atoms with van der Waals surface area (Å²) in [5.41, 5.74) is 0.622. The Balaban J connectivity index is 1.54. The van der Waals surface area contributed by atoms with Crippen LogP contribution in [0.1, 0.15) is 20.7 Å². The number of fused-ring (bicyclic) bond motifs is 1. The minimum atomic E-state index is -3.95. The summed E-state index contributed by atoms with van der Waals surface area (Å²) >= 11 is 5.75. The van der Waals surface area contributed by atoms with Crippen LogP contribution in [0.2, 0.25) is 5.02 Å². The minimum absolute atomic E-state index is 0.0507. The monoisotopic (exact) mass is 479 g/mol. The fourth-order valence-corrected chi connectivity index (χ4v) is 4.12. The number of anilines is 1. The van der Waals surface area contributed by atoms with Gasteiger partial charge in [0.1, 0.15) is 6.54 Å². The molecule has 12 heteroatoms. The molecule has 3 amide bonds. The number of amides is 3. The molecule has 0 aromatic heterocycles. The van der Waals surface area contributed by atoms with Crippen LogP contribution in [-0.4, -0.2) is 68.6 Å². The summed E-state index contributed by atoms with van der Waals surface area (Å²) in [6, 6.07) is 9.63. The second-order valence-electron chi connectivity index (χ2n) is 6.85. The van der Waals surface area contributed by atoms with Gasteiger partial charge in [-0.25, -0.2) is 8.42 Å². The predicted octanol–water partition coefficient (Wildman–Crippen LogP) is 1.37. The number of halogens is 1. The third-order valence-electron chi connectivity index (χ3n) is 4.61. The van der Waals surface area contributed by atoms with Gasteiger partial charge in [-0.3, -0.25) is 24.1 Å². The Labute approximate surface area is 188 Å². The van der Waals surface area contributed by atoms with Crippen molar-refractivity contribution in [3.63, 3.8) is 0 Å². The van der Waals surface area contributed by atoms with Crippen molar-refractivity contribution in [1.29, 1.82) is 0 Å². The molecule has 10 nitrogen and oxygen atoms in total. The van der Waals surface area contributed by atoms with Crippen LogP contribution < -0.4 is 5.32 Å². The number of rotatable bonds is 7. The molecule has 1 aliphatic heterocycles. The number of carbonyl (C=O) groups excluding carboxylic acids is 4. The van der Waals surface area contributed by atoms with Gasteiger partial charge in [-0.05, 0) is 42.5 Å². The summed E-state index contributed by atoms with van der Waals surface area (Å²) in [5.74, 6) is -2.56. The van der Waals surface area contributed by atoms with Crippen LogP contribution in [0.4, 0.5) is 5.69 Å². The van der Waals surface area contributed by atoms with Gasteiger partial charge in [0, 0.05) is 24.8 Å². The van der Waals surface area contributed by atoms with Crippen molar-refractivity contribution in [2.75, 3.05) is 32.6 Å². The van der Waals surface area contributed by atoms with Gasteiger partial charge in [-0.1, -0.05) is 11.6 Å². The Bertz CT molecular complexity index is 1210. The third-order valence-corrected chi connectivity index (χ3v) is 6.68. The molecule has 0 unspecified atom stereocenters. The van der Waals surface area contributed by atoms with Gasteiger partial charge >= 0.3 is 5.97 Å². The first kappa shape index (κ1) is 23.4. The van der Waals surface area contributed by atoms with Gasteiger partial charge in [-0.15, -0.1) is 0 Å². The SMILES string of the molecule is CN1C(=O)c2ccc(NC(=O)COC(=O)CN(C)S(=O)(=O)c3ccc(Cl)cc3)cc2C1=O. The van der Waals surface area contributed by atoms with Crippen molar-refractivity contribution in [2.45, 2.75) is 4.90 Å². The zero-order valence-corrected chi connectivity index (χ0v) is 18.6. The maximum absolute atomic E-state index is 12.5. The van der Waals surface area contributed by atoms with Crippen LogP contribution in [0.15, 0.2) is 47.4 Å². The first-order valence-corrected chi connectivity index (χ1v) is 11.0. The van der Waals surface area contributed by atoms with E-state index >= 15 is 0 Å². The van der Waals surface area contributed by atoms with Crippen LogP contribution in [-0.2, 0) is 24.3 Å². The van der Waals surface area contributed by atoms with E-state index in [4.69, 9.17) is 16.3 Å². The summed E-state index contributed by atoms with van der Waals surface area (Å²) in [6.07, 6.45) is 0. The van der Waals surface area contributed by atoms with Crippen LogP contribution in [0.5, 0.6) is 0 Å². The van der Waals surface area contributed by atoms with E-state index in [1.165, 1.54) is 56.6 Å². The lowest BCUT2D eigenvalue weighted by Gasteiger charge is -2.16. The van der Waals surface area contributed by atoms with Gasteiger partial charge in [-0.2, -0.15) is 4.31 Å². The number of carbonyl (C=O) groups is 4. The number of nitrogens with one attached hydrogen (secondary N) is 1. The highest BCUT2D eigenvalue weighted by molar-refractivity contribution is 7.89. The standard InChI is InChI=1S/C20H18ClN3O7S/c1-23(32(29,30)14-6-3-12(21)4-7-14)10-18(26)31-11-17(25)22-13-5-8-15-16(9-13)20(28)24(2)19(15)27/h3-9H,10-11H2,1-2H3,(H,22,25). The molecule has 0 bridgehead atoms. The van der Waals surface area contributed by atoms with Crippen molar-refractivity contribution in [3.05, 3.63) is 58.6 Å². The quantitative estimate of drug-likeness (QED) is 0.468. The fourth-order valence-electron chi connectivity index (χ4n) is 2.88. The average Bonchev–Trinajstić information content (AvgIpc) is 2.96. The number of imide groups is 1. The van der Waals surface area contributed by atoms with Crippen molar-refractivity contribution in [3.8, 4) is 0 Å². The zero-order chi connectivity index (χ0) is 23.6. The van der Waals surface area contributed by atoms with Crippen molar-refractivity contribution < 1.29 is 32.3 Å². The number of benzene rings is 2. The molecule has 0 radical (unpaired) electrons. The molecular weight excluding hydrogens is 462 g/mol. The van der Waals surface area contributed by atoms with Crippen LogP contribution >= 0.6 is 11.6 Å². The van der Waals surface area contributed by atoms with Crippen LogP contribution in [0, 0.1) is 0 Å². The van der Waals surface area contributed by atoms with E-state index in [0.29, 0.717) is 5.02 Å². The minimum Gasteiger partial charge on any atom is -0.455 e. The number of esters is 1. The lowest BCUT2D eigenvalue weighted by molar-refractivity contribution is -0.147. The van der Waals surface area contributed by atoms with E-state index in [0.717, 1.165) is 9.21 Å². The molecule has 1 N–H and O–H groups in total. The molecule has 168 valence electrons. The molecule has 1 aliphatic rings.